The third-order valence-electron chi connectivity index (χ3n) is 3.45. The first-order valence-electron chi connectivity index (χ1n) is 7.53. The average Bonchev–Trinajstić information content (AvgIpc) is 2.60. The molecule has 0 radical (unpaired) electrons. The molecule has 0 saturated carbocycles. The van der Waals surface area contributed by atoms with Gasteiger partial charge >= 0.3 is 0 Å². The maximum Gasteiger partial charge on any atom is 0.253 e. The van der Waals surface area contributed by atoms with Crippen molar-refractivity contribution in [1.29, 1.82) is 0 Å². The van der Waals surface area contributed by atoms with Gasteiger partial charge in [-0.15, -0.1) is 0 Å². The van der Waals surface area contributed by atoms with E-state index in [9.17, 15) is 9.59 Å². The molecule has 6 nitrogen and oxygen atoms in total. The standard InChI is InChI=1S/C17H20N4O2/c1-3-12(2)21-17(23)15-8-14(10-19-11-15)16(22)20-9-13-4-6-18-7-5-13/h4-8,10-12H,3,9H2,1-2H3,(H,20,22)(H,21,23). The molecular weight excluding hydrogens is 292 g/mol. The first kappa shape index (κ1) is 16.6. The van der Waals surface area contributed by atoms with E-state index in [2.05, 4.69) is 20.6 Å². The molecule has 0 aliphatic heterocycles. The van der Waals surface area contributed by atoms with E-state index in [0.717, 1.165) is 12.0 Å². The molecule has 2 rings (SSSR count). The van der Waals surface area contributed by atoms with Crippen LogP contribution >= 0.6 is 0 Å². The van der Waals surface area contributed by atoms with Gasteiger partial charge < -0.3 is 10.6 Å². The zero-order valence-electron chi connectivity index (χ0n) is 13.2. The van der Waals surface area contributed by atoms with Crippen LogP contribution in [0.25, 0.3) is 0 Å². The number of pyridine rings is 2. The third-order valence-corrected chi connectivity index (χ3v) is 3.45. The Balaban J connectivity index is 2.01. The minimum atomic E-state index is -0.271. The van der Waals surface area contributed by atoms with Gasteiger partial charge in [0, 0.05) is 37.4 Å². The van der Waals surface area contributed by atoms with Crippen molar-refractivity contribution >= 4 is 11.8 Å². The molecule has 6 heteroatoms. The lowest BCUT2D eigenvalue weighted by atomic mass is 10.1. The Labute approximate surface area is 135 Å². The maximum atomic E-state index is 12.2. The smallest absolute Gasteiger partial charge is 0.253 e. The van der Waals surface area contributed by atoms with E-state index in [1.807, 2.05) is 26.0 Å². The Bertz CT molecular complexity index is 673. The van der Waals surface area contributed by atoms with Gasteiger partial charge in [0.05, 0.1) is 11.1 Å². The molecule has 2 heterocycles. The van der Waals surface area contributed by atoms with Crippen LogP contribution in [0.15, 0.2) is 43.0 Å². The molecule has 0 fully saturated rings. The number of nitrogens with one attached hydrogen (secondary N) is 2. The molecule has 2 N–H and O–H groups in total. The SMILES string of the molecule is CCC(C)NC(=O)c1cncc(C(=O)NCc2ccncc2)c1. The van der Waals surface area contributed by atoms with Crippen molar-refractivity contribution in [3.05, 3.63) is 59.7 Å². The van der Waals surface area contributed by atoms with Gasteiger partial charge in [-0.25, -0.2) is 0 Å². The number of hydrogen-bond donors (Lipinski definition) is 2. The highest BCUT2D eigenvalue weighted by molar-refractivity contribution is 5.99. The second-order valence-corrected chi connectivity index (χ2v) is 5.28. The molecule has 0 aliphatic rings. The van der Waals surface area contributed by atoms with Crippen LogP contribution in [0.5, 0.6) is 0 Å². The number of nitrogens with zero attached hydrogens (tertiary/aromatic N) is 2. The Hall–Kier alpha value is -2.76. The van der Waals surface area contributed by atoms with E-state index in [-0.39, 0.29) is 17.9 Å². The fraction of sp³-hybridized carbons (Fsp3) is 0.294. The first-order chi connectivity index (χ1) is 11.1. The Morgan fingerprint density at radius 2 is 1.74 bits per heavy atom. The van der Waals surface area contributed by atoms with E-state index in [0.29, 0.717) is 17.7 Å². The summed E-state index contributed by atoms with van der Waals surface area (Å²) in [4.78, 5) is 32.2. The second kappa shape index (κ2) is 8.03. The Kier molecular flexibility index (Phi) is 5.80. The van der Waals surface area contributed by atoms with Gasteiger partial charge in [-0.3, -0.25) is 19.6 Å². The van der Waals surface area contributed by atoms with Crippen LogP contribution in [0.2, 0.25) is 0 Å². The summed E-state index contributed by atoms with van der Waals surface area (Å²) in [5.74, 6) is -0.497. The molecule has 0 aliphatic carbocycles. The zero-order chi connectivity index (χ0) is 16.7. The summed E-state index contributed by atoms with van der Waals surface area (Å²) in [6.45, 7) is 4.31. The predicted molar refractivity (Wildman–Crippen MR) is 86.9 cm³/mol. The van der Waals surface area contributed by atoms with E-state index < -0.39 is 0 Å². The molecule has 1 unspecified atom stereocenters. The van der Waals surface area contributed by atoms with Crippen molar-refractivity contribution < 1.29 is 9.59 Å². The molecule has 23 heavy (non-hydrogen) atoms. The Morgan fingerprint density at radius 1 is 1.09 bits per heavy atom. The minimum absolute atomic E-state index is 0.0756. The van der Waals surface area contributed by atoms with Crippen LogP contribution in [0, 0.1) is 0 Å². The topological polar surface area (TPSA) is 84.0 Å². The molecule has 0 bridgehead atoms. The van der Waals surface area contributed by atoms with Gasteiger partial charge in [0.25, 0.3) is 11.8 Å². The van der Waals surface area contributed by atoms with Crippen LogP contribution in [-0.2, 0) is 6.54 Å². The van der Waals surface area contributed by atoms with E-state index >= 15 is 0 Å². The molecule has 0 aromatic carbocycles. The molecule has 2 aromatic heterocycles. The van der Waals surface area contributed by atoms with Crippen molar-refractivity contribution in [2.75, 3.05) is 0 Å². The molecular formula is C17H20N4O2. The largest absolute Gasteiger partial charge is 0.350 e. The van der Waals surface area contributed by atoms with Crippen molar-refractivity contribution in [1.82, 2.24) is 20.6 Å². The first-order valence-corrected chi connectivity index (χ1v) is 7.53. The molecule has 0 spiro atoms. The van der Waals surface area contributed by atoms with Crippen molar-refractivity contribution in [3.8, 4) is 0 Å². The number of aromatic nitrogens is 2. The van der Waals surface area contributed by atoms with E-state index in [1.54, 1.807) is 18.5 Å². The van der Waals surface area contributed by atoms with Gasteiger partial charge in [-0.05, 0) is 37.1 Å². The number of rotatable bonds is 6. The van der Waals surface area contributed by atoms with E-state index in [4.69, 9.17) is 0 Å². The minimum Gasteiger partial charge on any atom is -0.350 e. The van der Waals surface area contributed by atoms with Crippen molar-refractivity contribution in [2.45, 2.75) is 32.9 Å². The van der Waals surface area contributed by atoms with Crippen LogP contribution in [-0.4, -0.2) is 27.8 Å². The summed E-state index contributed by atoms with van der Waals surface area (Å²) in [6, 6.07) is 5.28. The van der Waals surface area contributed by atoms with Crippen LogP contribution in [0.4, 0.5) is 0 Å². The Morgan fingerprint density at radius 3 is 2.39 bits per heavy atom. The van der Waals surface area contributed by atoms with Gasteiger partial charge in [-0.1, -0.05) is 6.92 Å². The molecule has 2 aromatic rings. The lowest BCUT2D eigenvalue weighted by Gasteiger charge is -2.11. The number of hydrogen-bond acceptors (Lipinski definition) is 4. The lowest BCUT2D eigenvalue weighted by Crippen LogP contribution is -2.32. The van der Waals surface area contributed by atoms with Gasteiger partial charge in [0.15, 0.2) is 0 Å². The summed E-state index contributed by atoms with van der Waals surface area (Å²) in [5.41, 5.74) is 1.68. The molecule has 2 amide bonds. The van der Waals surface area contributed by atoms with Crippen molar-refractivity contribution in [3.63, 3.8) is 0 Å². The lowest BCUT2D eigenvalue weighted by molar-refractivity contribution is 0.0939. The third kappa shape index (κ3) is 4.88. The quantitative estimate of drug-likeness (QED) is 0.853. The highest BCUT2D eigenvalue weighted by Gasteiger charge is 2.12. The maximum absolute atomic E-state index is 12.2. The summed E-state index contributed by atoms with van der Waals surface area (Å²) >= 11 is 0. The van der Waals surface area contributed by atoms with Gasteiger partial charge in [-0.2, -0.15) is 0 Å². The van der Waals surface area contributed by atoms with Crippen LogP contribution < -0.4 is 10.6 Å². The summed E-state index contributed by atoms with van der Waals surface area (Å²) in [7, 11) is 0. The van der Waals surface area contributed by atoms with Crippen LogP contribution in [0.3, 0.4) is 0 Å². The average molecular weight is 312 g/mol. The number of carbonyl (C=O) groups is 2. The van der Waals surface area contributed by atoms with E-state index in [1.165, 1.54) is 12.4 Å². The second-order valence-electron chi connectivity index (χ2n) is 5.28. The highest BCUT2D eigenvalue weighted by atomic mass is 16.2. The monoisotopic (exact) mass is 312 g/mol. The zero-order valence-corrected chi connectivity index (χ0v) is 13.2. The molecule has 120 valence electrons. The summed E-state index contributed by atoms with van der Waals surface area (Å²) in [5, 5.41) is 5.65. The molecule has 0 saturated heterocycles. The fourth-order valence-corrected chi connectivity index (χ4v) is 1.88. The van der Waals surface area contributed by atoms with Gasteiger partial charge in [0.2, 0.25) is 0 Å². The fourth-order valence-electron chi connectivity index (χ4n) is 1.88. The number of amides is 2. The predicted octanol–water partition coefficient (Wildman–Crippen LogP) is 1.93. The number of carbonyl (C=O) groups excluding carboxylic acids is 2. The highest BCUT2D eigenvalue weighted by Crippen LogP contribution is 2.05. The molecule has 1 atom stereocenters. The summed E-state index contributed by atoms with van der Waals surface area (Å²) in [6.07, 6.45) is 7.08. The van der Waals surface area contributed by atoms with Crippen molar-refractivity contribution in [2.24, 2.45) is 0 Å². The van der Waals surface area contributed by atoms with Gasteiger partial charge in [0.1, 0.15) is 0 Å². The summed E-state index contributed by atoms with van der Waals surface area (Å²) < 4.78 is 0. The van der Waals surface area contributed by atoms with Crippen LogP contribution in [0.1, 0.15) is 46.5 Å². The normalized spacial score (nSPS) is 11.6.